The maximum absolute atomic E-state index is 6.46. The SMILES string of the molecule is Cc1nc(CN(C)CCC2(N)CCCCC2)cs1. The molecule has 1 aromatic heterocycles. The van der Waals surface area contributed by atoms with Crippen LogP contribution < -0.4 is 5.73 Å². The van der Waals surface area contributed by atoms with Crippen molar-refractivity contribution >= 4 is 11.3 Å². The van der Waals surface area contributed by atoms with Crippen molar-refractivity contribution < 1.29 is 0 Å². The Bertz CT molecular complexity index is 369. The van der Waals surface area contributed by atoms with E-state index in [0.29, 0.717) is 0 Å². The van der Waals surface area contributed by atoms with Gasteiger partial charge in [-0.05, 0) is 39.8 Å². The molecule has 3 nitrogen and oxygen atoms in total. The zero-order valence-electron chi connectivity index (χ0n) is 11.6. The molecule has 1 aromatic rings. The highest BCUT2D eigenvalue weighted by Gasteiger charge is 2.27. The van der Waals surface area contributed by atoms with Gasteiger partial charge in [-0.2, -0.15) is 0 Å². The molecule has 1 fully saturated rings. The Kier molecular flexibility index (Phi) is 4.76. The Balaban J connectivity index is 1.75. The van der Waals surface area contributed by atoms with E-state index in [1.807, 2.05) is 0 Å². The molecular formula is C14H25N3S. The maximum Gasteiger partial charge on any atom is 0.0897 e. The van der Waals surface area contributed by atoms with Crippen LogP contribution in [0.25, 0.3) is 0 Å². The summed E-state index contributed by atoms with van der Waals surface area (Å²) in [5, 5.41) is 3.31. The van der Waals surface area contributed by atoms with Crippen LogP contribution in [0.15, 0.2) is 5.38 Å². The summed E-state index contributed by atoms with van der Waals surface area (Å²) in [6.45, 7) is 4.08. The van der Waals surface area contributed by atoms with Gasteiger partial charge in [0.25, 0.3) is 0 Å². The molecule has 0 aromatic carbocycles. The topological polar surface area (TPSA) is 42.2 Å². The average molecular weight is 267 g/mol. The molecule has 2 N–H and O–H groups in total. The minimum atomic E-state index is 0.102. The van der Waals surface area contributed by atoms with Crippen molar-refractivity contribution in [3.8, 4) is 0 Å². The molecule has 102 valence electrons. The third-order valence-corrected chi connectivity index (χ3v) is 4.76. The first-order valence-corrected chi connectivity index (χ1v) is 7.84. The van der Waals surface area contributed by atoms with Crippen molar-refractivity contribution in [3.63, 3.8) is 0 Å². The lowest BCUT2D eigenvalue weighted by atomic mass is 9.80. The molecule has 1 heterocycles. The lowest BCUT2D eigenvalue weighted by molar-refractivity contribution is 0.225. The van der Waals surface area contributed by atoms with Crippen molar-refractivity contribution in [2.45, 2.75) is 57.5 Å². The number of thiazole rings is 1. The highest BCUT2D eigenvalue weighted by atomic mass is 32.1. The molecule has 1 saturated carbocycles. The molecule has 0 atom stereocenters. The molecule has 0 spiro atoms. The molecule has 18 heavy (non-hydrogen) atoms. The summed E-state index contributed by atoms with van der Waals surface area (Å²) >= 11 is 1.73. The van der Waals surface area contributed by atoms with E-state index in [9.17, 15) is 0 Å². The molecule has 4 heteroatoms. The molecule has 2 rings (SSSR count). The van der Waals surface area contributed by atoms with Crippen molar-refractivity contribution in [1.82, 2.24) is 9.88 Å². The van der Waals surface area contributed by atoms with E-state index in [4.69, 9.17) is 5.73 Å². The zero-order chi connectivity index (χ0) is 13.0. The number of nitrogens with zero attached hydrogens (tertiary/aromatic N) is 2. The third-order valence-electron chi connectivity index (χ3n) is 3.94. The Morgan fingerprint density at radius 3 is 2.72 bits per heavy atom. The van der Waals surface area contributed by atoms with Gasteiger partial charge in [-0.1, -0.05) is 19.3 Å². The van der Waals surface area contributed by atoms with Crippen molar-refractivity contribution in [1.29, 1.82) is 0 Å². The standard InChI is InChI=1S/C14H25N3S/c1-12-16-13(11-18-12)10-17(2)9-8-14(15)6-4-3-5-7-14/h11H,3-10,15H2,1-2H3. The van der Waals surface area contributed by atoms with E-state index in [-0.39, 0.29) is 5.54 Å². The van der Waals surface area contributed by atoms with Gasteiger partial charge in [0, 0.05) is 17.5 Å². The molecule has 0 aliphatic heterocycles. The highest BCUT2D eigenvalue weighted by molar-refractivity contribution is 7.09. The Morgan fingerprint density at radius 2 is 2.11 bits per heavy atom. The first-order valence-electron chi connectivity index (χ1n) is 6.96. The first-order chi connectivity index (χ1) is 8.57. The molecule has 0 unspecified atom stereocenters. The molecule has 1 aliphatic carbocycles. The van der Waals surface area contributed by atoms with Crippen LogP contribution in [-0.2, 0) is 6.54 Å². The van der Waals surface area contributed by atoms with Gasteiger partial charge < -0.3 is 10.6 Å². The molecule has 0 amide bonds. The second-order valence-corrected chi connectivity index (χ2v) is 6.83. The van der Waals surface area contributed by atoms with Crippen molar-refractivity contribution in [2.75, 3.05) is 13.6 Å². The van der Waals surface area contributed by atoms with Crippen LogP contribution in [0.3, 0.4) is 0 Å². The minimum Gasteiger partial charge on any atom is -0.325 e. The highest BCUT2D eigenvalue weighted by Crippen LogP contribution is 2.28. The van der Waals surface area contributed by atoms with Gasteiger partial charge in [-0.15, -0.1) is 11.3 Å². The first kappa shape index (κ1) is 14.0. The van der Waals surface area contributed by atoms with E-state index in [1.165, 1.54) is 37.8 Å². The summed E-state index contributed by atoms with van der Waals surface area (Å²) in [5.41, 5.74) is 7.76. The maximum atomic E-state index is 6.46. The smallest absolute Gasteiger partial charge is 0.0897 e. The van der Waals surface area contributed by atoms with E-state index in [1.54, 1.807) is 11.3 Å². The minimum absolute atomic E-state index is 0.102. The fourth-order valence-corrected chi connectivity index (χ4v) is 3.36. The molecule has 0 saturated heterocycles. The molecule has 0 radical (unpaired) electrons. The van der Waals surface area contributed by atoms with Crippen molar-refractivity contribution in [3.05, 3.63) is 16.1 Å². The molecular weight excluding hydrogens is 242 g/mol. The lowest BCUT2D eigenvalue weighted by Gasteiger charge is -2.34. The monoisotopic (exact) mass is 267 g/mol. The normalized spacial score (nSPS) is 19.3. The largest absolute Gasteiger partial charge is 0.325 e. The summed E-state index contributed by atoms with van der Waals surface area (Å²) in [4.78, 5) is 6.85. The Hall–Kier alpha value is -0.450. The average Bonchev–Trinajstić information content (AvgIpc) is 2.73. The van der Waals surface area contributed by atoms with Gasteiger partial charge in [-0.25, -0.2) is 4.98 Å². The lowest BCUT2D eigenvalue weighted by Crippen LogP contribution is -2.44. The Labute approximate surface area is 114 Å². The molecule has 0 bridgehead atoms. The summed E-state index contributed by atoms with van der Waals surface area (Å²) in [5.74, 6) is 0. The third kappa shape index (κ3) is 4.04. The predicted octanol–water partition coefficient (Wildman–Crippen LogP) is 2.94. The van der Waals surface area contributed by atoms with Crippen LogP contribution in [0.4, 0.5) is 0 Å². The quantitative estimate of drug-likeness (QED) is 0.892. The fraction of sp³-hybridized carbons (Fsp3) is 0.786. The van der Waals surface area contributed by atoms with E-state index in [0.717, 1.165) is 24.5 Å². The fourth-order valence-electron chi connectivity index (χ4n) is 2.76. The van der Waals surface area contributed by atoms with Crippen LogP contribution in [-0.4, -0.2) is 29.0 Å². The number of rotatable bonds is 5. The summed E-state index contributed by atoms with van der Waals surface area (Å²) in [7, 11) is 2.17. The van der Waals surface area contributed by atoms with Gasteiger partial charge in [-0.3, -0.25) is 0 Å². The number of hydrogen-bond acceptors (Lipinski definition) is 4. The van der Waals surface area contributed by atoms with Crippen LogP contribution in [0.1, 0.15) is 49.2 Å². The summed E-state index contributed by atoms with van der Waals surface area (Å²) < 4.78 is 0. The van der Waals surface area contributed by atoms with Gasteiger partial charge in [0.05, 0.1) is 10.7 Å². The molecule has 1 aliphatic rings. The second kappa shape index (κ2) is 6.13. The van der Waals surface area contributed by atoms with Crippen molar-refractivity contribution in [2.24, 2.45) is 5.73 Å². The van der Waals surface area contributed by atoms with E-state index < -0.39 is 0 Å². The van der Waals surface area contributed by atoms with Crippen LogP contribution in [0.5, 0.6) is 0 Å². The van der Waals surface area contributed by atoms with Gasteiger partial charge in [0.15, 0.2) is 0 Å². The van der Waals surface area contributed by atoms with Crippen LogP contribution in [0, 0.1) is 6.92 Å². The van der Waals surface area contributed by atoms with Crippen LogP contribution >= 0.6 is 11.3 Å². The van der Waals surface area contributed by atoms with Gasteiger partial charge in [0.2, 0.25) is 0 Å². The number of aryl methyl sites for hydroxylation is 1. The number of hydrogen-bond donors (Lipinski definition) is 1. The predicted molar refractivity (Wildman–Crippen MR) is 77.8 cm³/mol. The second-order valence-electron chi connectivity index (χ2n) is 5.77. The zero-order valence-corrected chi connectivity index (χ0v) is 12.4. The van der Waals surface area contributed by atoms with E-state index >= 15 is 0 Å². The number of aromatic nitrogens is 1. The number of nitrogens with two attached hydrogens (primary N) is 1. The summed E-state index contributed by atoms with van der Waals surface area (Å²) in [6, 6.07) is 0. The Morgan fingerprint density at radius 1 is 1.39 bits per heavy atom. The summed E-state index contributed by atoms with van der Waals surface area (Å²) in [6.07, 6.45) is 7.52. The van der Waals surface area contributed by atoms with E-state index in [2.05, 4.69) is 29.2 Å². The van der Waals surface area contributed by atoms with Gasteiger partial charge in [0.1, 0.15) is 0 Å². The van der Waals surface area contributed by atoms with Crippen LogP contribution in [0.2, 0.25) is 0 Å². The van der Waals surface area contributed by atoms with Gasteiger partial charge >= 0.3 is 0 Å².